The molecule has 2 aliphatic heterocycles. The summed E-state index contributed by atoms with van der Waals surface area (Å²) in [6.07, 6.45) is 9.30. The average Bonchev–Trinajstić information content (AvgIpc) is 3.29. The molecule has 4 unspecified atom stereocenters. The zero-order chi connectivity index (χ0) is 25.8. The largest absolute Gasteiger partial charge is 0.480 e. The van der Waals surface area contributed by atoms with Gasteiger partial charge in [-0.1, -0.05) is 43.5 Å². The third kappa shape index (κ3) is 5.24. The van der Waals surface area contributed by atoms with Crippen LogP contribution < -0.4 is 5.32 Å². The molecule has 2 heterocycles. The van der Waals surface area contributed by atoms with Crippen molar-refractivity contribution in [1.29, 1.82) is 0 Å². The Hall–Kier alpha value is -2.43. The SMILES string of the molecule is CCCCC=CCCN1C(=O)C2C(c3cc(Cl)ccc3[N+](=O)[O-])NC(CCSC)(C(=O)O)C2C1=O. The molecule has 0 saturated carbocycles. The van der Waals surface area contributed by atoms with E-state index in [4.69, 9.17) is 11.6 Å². The fourth-order valence-electron chi connectivity index (χ4n) is 5.05. The molecule has 190 valence electrons. The Bertz CT molecular complexity index is 1030. The quantitative estimate of drug-likeness (QED) is 0.137. The molecule has 0 radical (unpaired) electrons. The summed E-state index contributed by atoms with van der Waals surface area (Å²) in [5.41, 5.74) is -1.91. The molecule has 1 aromatic rings. The number of fused-ring (bicyclic) bond motifs is 1. The molecule has 0 aliphatic carbocycles. The molecule has 2 fully saturated rings. The summed E-state index contributed by atoms with van der Waals surface area (Å²) in [4.78, 5) is 52.0. The van der Waals surface area contributed by atoms with Gasteiger partial charge in [-0.15, -0.1) is 0 Å². The predicted molar refractivity (Wildman–Crippen MR) is 134 cm³/mol. The number of carbonyl (C=O) groups excluding carboxylic acids is 2. The van der Waals surface area contributed by atoms with E-state index in [9.17, 15) is 29.6 Å². The number of aliphatic carboxylic acids is 1. The molecule has 2 aliphatic rings. The lowest BCUT2D eigenvalue weighted by Gasteiger charge is -2.31. The van der Waals surface area contributed by atoms with Gasteiger partial charge in [-0.2, -0.15) is 11.8 Å². The fourth-order valence-corrected chi connectivity index (χ4v) is 5.75. The number of hydrogen-bond acceptors (Lipinski definition) is 7. The number of nitro benzene ring substituents is 1. The molecule has 0 aromatic heterocycles. The van der Waals surface area contributed by atoms with E-state index in [0.717, 1.165) is 24.2 Å². The molecule has 2 N–H and O–H groups in total. The Morgan fingerprint density at radius 3 is 2.66 bits per heavy atom. The van der Waals surface area contributed by atoms with Crippen molar-refractivity contribution in [3.05, 3.63) is 51.1 Å². The van der Waals surface area contributed by atoms with E-state index in [1.807, 2.05) is 18.4 Å². The Morgan fingerprint density at radius 2 is 2.03 bits per heavy atom. The number of thioether (sulfide) groups is 1. The maximum Gasteiger partial charge on any atom is 0.324 e. The molecule has 2 saturated heterocycles. The van der Waals surface area contributed by atoms with Crippen molar-refractivity contribution < 1.29 is 24.4 Å². The maximum absolute atomic E-state index is 13.5. The van der Waals surface area contributed by atoms with Crippen LogP contribution in [0.4, 0.5) is 5.69 Å². The maximum atomic E-state index is 13.5. The highest BCUT2D eigenvalue weighted by molar-refractivity contribution is 7.98. The van der Waals surface area contributed by atoms with Crippen molar-refractivity contribution >= 4 is 46.8 Å². The van der Waals surface area contributed by atoms with Gasteiger partial charge in [-0.25, -0.2) is 0 Å². The van der Waals surface area contributed by atoms with Crippen LogP contribution >= 0.6 is 23.4 Å². The van der Waals surface area contributed by atoms with Gasteiger partial charge in [0.15, 0.2) is 0 Å². The summed E-state index contributed by atoms with van der Waals surface area (Å²) in [6.45, 7) is 2.23. The second-order valence-electron chi connectivity index (χ2n) is 8.84. The Morgan fingerprint density at radius 1 is 1.31 bits per heavy atom. The molecule has 35 heavy (non-hydrogen) atoms. The second-order valence-corrected chi connectivity index (χ2v) is 10.3. The number of rotatable bonds is 12. The lowest BCUT2D eigenvalue weighted by atomic mass is 9.78. The highest BCUT2D eigenvalue weighted by Crippen LogP contribution is 2.52. The molecule has 1 aromatic carbocycles. The summed E-state index contributed by atoms with van der Waals surface area (Å²) in [6, 6.07) is 2.93. The van der Waals surface area contributed by atoms with Gasteiger partial charge < -0.3 is 5.11 Å². The topological polar surface area (TPSA) is 130 Å². The van der Waals surface area contributed by atoms with Gasteiger partial charge in [0.1, 0.15) is 5.54 Å². The first kappa shape index (κ1) is 27.2. The van der Waals surface area contributed by atoms with Crippen LogP contribution in [0.15, 0.2) is 30.4 Å². The van der Waals surface area contributed by atoms with Crippen LogP contribution in [0.5, 0.6) is 0 Å². The van der Waals surface area contributed by atoms with Gasteiger partial charge >= 0.3 is 5.97 Å². The number of carboxylic acids is 1. The number of nitrogens with one attached hydrogen (secondary N) is 1. The second kappa shape index (κ2) is 11.5. The molecule has 3 rings (SSSR count). The first-order chi connectivity index (χ1) is 16.7. The Labute approximate surface area is 213 Å². The van der Waals surface area contributed by atoms with E-state index in [0.29, 0.717) is 12.2 Å². The number of hydrogen-bond donors (Lipinski definition) is 2. The number of benzene rings is 1. The number of likely N-dealkylation sites (tertiary alicyclic amines) is 1. The van der Waals surface area contributed by atoms with Crippen LogP contribution in [-0.2, 0) is 14.4 Å². The van der Waals surface area contributed by atoms with E-state index in [1.165, 1.54) is 30.0 Å². The minimum atomic E-state index is -1.73. The van der Waals surface area contributed by atoms with E-state index in [-0.39, 0.29) is 29.2 Å². The van der Waals surface area contributed by atoms with Crippen LogP contribution in [-0.4, -0.2) is 56.8 Å². The van der Waals surface area contributed by atoms with Gasteiger partial charge in [-0.05, 0) is 43.4 Å². The number of halogens is 1. The lowest BCUT2D eigenvalue weighted by Crippen LogP contribution is -2.56. The van der Waals surface area contributed by atoms with E-state index in [1.54, 1.807) is 0 Å². The van der Waals surface area contributed by atoms with Crippen molar-refractivity contribution in [2.45, 2.75) is 50.6 Å². The number of nitrogens with zero attached hydrogens (tertiary/aromatic N) is 2. The van der Waals surface area contributed by atoms with Crippen LogP contribution in [0.25, 0.3) is 0 Å². The van der Waals surface area contributed by atoms with Crippen molar-refractivity contribution in [3.63, 3.8) is 0 Å². The summed E-state index contributed by atoms with van der Waals surface area (Å²) >= 11 is 7.56. The van der Waals surface area contributed by atoms with E-state index >= 15 is 0 Å². The van der Waals surface area contributed by atoms with Crippen molar-refractivity contribution in [2.75, 3.05) is 18.6 Å². The minimum Gasteiger partial charge on any atom is -0.480 e. The van der Waals surface area contributed by atoms with Gasteiger partial charge in [0.05, 0.1) is 22.8 Å². The monoisotopic (exact) mass is 523 g/mol. The highest BCUT2D eigenvalue weighted by atomic mass is 35.5. The van der Waals surface area contributed by atoms with Crippen molar-refractivity contribution in [2.24, 2.45) is 11.8 Å². The molecular weight excluding hydrogens is 494 g/mol. The van der Waals surface area contributed by atoms with Gasteiger partial charge in [0, 0.05) is 23.2 Å². The Kier molecular flexibility index (Phi) is 8.95. The van der Waals surface area contributed by atoms with Gasteiger partial charge in [0.2, 0.25) is 11.8 Å². The van der Waals surface area contributed by atoms with Crippen molar-refractivity contribution in [3.8, 4) is 0 Å². The Balaban J connectivity index is 2.03. The summed E-state index contributed by atoms with van der Waals surface area (Å²) in [5.74, 6) is -4.15. The molecule has 0 spiro atoms. The summed E-state index contributed by atoms with van der Waals surface area (Å²) in [7, 11) is 0. The number of carbonyl (C=O) groups is 3. The summed E-state index contributed by atoms with van der Waals surface area (Å²) in [5, 5.41) is 25.3. The van der Waals surface area contributed by atoms with E-state index in [2.05, 4.69) is 12.2 Å². The fraction of sp³-hybridized carbons (Fsp3) is 0.542. The first-order valence-corrected chi connectivity index (χ1v) is 13.4. The zero-order valence-electron chi connectivity index (χ0n) is 19.7. The number of allylic oxidation sites excluding steroid dienone is 1. The normalized spacial score (nSPS) is 26.0. The average molecular weight is 524 g/mol. The number of unbranched alkanes of at least 4 members (excludes halogenated alkanes) is 2. The highest BCUT2D eigenvalue weighted by Gasteiger charge is 2.68. The molecule has 2 amide bonds. The van der Waals surface area contributed by atoms with Crippen molar-refractivity contribution in [1.82, 2.24) is 10.2 Å². The summed E-state index contributed by atoms with van der Waals surface area (Å²) < 4.78 is 0. The van der Waals surface area contributed by atoms with Crippen LogP contribution in [0, 0.1) is 22.0 Å². The third-order valence-corrected chi connectivity index (χ3v) is 7.61. The standard InChI is InChI=1S/C24H30ClN3O6S/c1-3-4-5-6-7-8-12-27-21(29)18-19(22(27)30)24(23(31)32,11-13-35-2)26-20(18)16-14-15(25)9-10-17(16)28(33)34/h6-7,9-10,14,18-20,26H,3-5,8,11-13H2,1-2H3,(H,31,32). The number of imide groups is 1. The number of amides is 2. The van der Waals surface area contributed by atoms with Crippen LogP contribution in [0.2, 0.25) is 5.02 Å². The van der Waals surface area contributed by atoms with Gasteiger partial charge in [0.25, 0.3) is 5.69 Å². The predicted octanol–water partition coefficient (Wildman–Crippen LogP) is 4.21. The number of nitro groups is 1. The molecule has 11 heteroatoms. The van der Waals surface area contributed by atoms with Crippen LogP contribution in [0.3, 0.4) is 0 Å². The minimum absolute atomic E-state index is 0.0826. The molecule has 0 bridgehead atoms. The van der Waals surface area contributed by atoms with Gasteiger partial charge in [-0.3, -0.25) is 34.7 Å². The molecule has 9 nitrogen and oxygen atoms in total. The smallest absolute Gasteiger partial charge is 0.324 e. The van der Waals surface area contributed by atoms with E-state index < -0.39 is 46.1 Å². The number of carboxylic acid groups (broad SMARTS) is 1. The molecule has 4 atom stereocenters. The van der Waals surface area contributed by atoms with Crippen LogP contribution in [0.1, 0.15) is 50.6 Å². The third-order valence-electron chi connectivity index (χ3n) is 6.76. The zero-order valence-corrected chi connectivity index (χ0v) is 21.3. The lowest BCUT2D eigenvalue weighted by molar-refractivity contribution is -0.385. The first-order valence-electron chi connectivity index (χ1n) is 11.6. The molecular formula is C24H30ClN3O6S.